The number of rotatable bonds is 7. The molecule has 0 atom stereocenters. The molecular weight excluding hydrogens is 366 g/mol. The zero-order chi connectivity index (χ0) is 19.4. The molecule has 2 aromatic carbocycles. The van der Waals surface area contributed by atoms with Gasteiger partial charge in [-0.05, 0) is 49.2 Å². The van der Waals surface area contributed by atoms with Crippen LogP contribution in [0.5, 0.6) is 0 Å². The van der Waals surface area contributed by atoms with Crippen LogP contribution in [0, 0.1) is 10.1 Å². The topological polar surface area (TPSA) is 92.6 Å². The first-order valence-corrected chi connectivity index (χ1v) is 10.8. The fourth-order valence-electron chi connectivity index (χ4n) is 3.39. The Hall–Kier alpha value is -2.45. The maximum absolute atomic E-state index is 11.9. The molecule has 1 saturated heterocycles. The average Bonchev–Trinajstić information content (AvgIpc) is 3.12. The molecule has 0 spiro atoms. The molecule has 0 amide bonds. The van der Waals surface area contributed by atoms with Gasteiger partial charge in [-0.3, -0.25) is 15.0 Å². The number of hydrogen-bond donors (Lipinski definition) is 1. The van der Waals surface area contributed by atoms with Crippen LogP contribution in [0.1, 0.15) is 24.0 Å². The van der Waals surface area contributed by atoms with Crippen molar-refractivity contribution in [1.29, 1.82) is 0 Å². The van der Waals surface area contributed by atoms with Crippen molar-refractivity contribution in [3.05, 3.63) is 63.7 Å². The number of hydrogen-bond acceptors (Lipinski definition) is 6. The average molecular weight is 389 g/mol. The van der Waals surface area contributed by atoms with Crippen LogP contribution in [-0.4, -0.2) is 37.6 Å². The van der Waals surface area contributed by atoms with Crippen molar-refractivity contribution in [3.8, 4) is 0 Å². The van der Waals surface area contributed by atoms with Crippen molar-refractivity contribution in [1.82, 2.24) is 4.90 Å². The summed E-state index contributed by atoms with van der Waals surface area (Å²) in [6.07, 6.45) is 3.45. The monoisotopic (exact) mass is 389 g/mol. The first-order valence-electron chi connectivity index (χ1n) is 8.86. The predicted octanol–water partition coefficient (Wildman–Crippen LogP) is 3.21. The van der Waals surface area contributed by atoms with Gasteiger partial charge < -0.3 is 5.32 Å². The maximum Gasteiger partial charge on any atom is 0.310 e. The zero-order valence-corrected chi connectivity index (χ0v) is 16.0. The van der Waals surface area contributed by atoms with E-state index >= 15 is 0 Å². The van der Waals surface area contributed by atoms with E-state index in [1.165, 1.54) is 36.6 Å². The Balaban J connectivity index is 1.78. The van der Waals surface area contributed by atoms with Crippen LogP contribution in [0.25, 0.3) is 0 Å². The molecule has 144 valence electrons. The van der Waals surface area contributed by atoms with Crippen molar-refractivity contribution >= 4 is 21.2 Å². The van der Waals surface area contributed by atoms with E-state index in [9.17, 15) is 18.5 Å². The second kappa shape index (κ2) is 8.06. The van der Waals surface area contributed by atoms with Crippen LogP contribution in [0.15, 0.2) is 47.4 Å². The molecule has 0 saturated carbocycles. The molecule has 8 heteroatoms. The summed E-state index contributed by atoms with van der Waals surface area (Å²) in [4.78, 5) is 12.9. The molecule has 3 rings (SSSR count). The molecule has 1 N–H and O–H groups in total. The lowest BCUT2D eigenvalue weighted by molar-refractivity contribution is -0.386. The van der Waals surface area contributed by atoms with Gasteiger partial charge in [0, 0.05) is 19.3 Å². The first kappa shape index (κ1) is 19.3. The lowest BCUT2D eigenvalue weighted by Crippen LogP contribution is -2.18. The number of para-hydroxylation sites is 1. The summed E-state index contributed by atoms with van der Waals surface area (Å²) in [5.41, 5.74) is 1.99. The molecule has 1 heterocycles. The van der Waals surface area contributed by atoms with Gasteiger partial charge in [0.05, 0.1) is 4.92 Å². The Morgan fingerprint density at radius 2 is 1.78 bits per heavy atom. The third-order valence-corrected chi connectivity index (χ3v) is 5.79. The fraction of sp³-hybridized carbons (Fsp3) is 0.368. The van der Waals surface area contributed by atoms with Crippen molar-refractivity contribution in [2.45, 2.75) is 30.8 Å². The summed E-state index contributed by atoms with van der Waals surface area (Å²) in [6, 6.07) is 12.4. The van der Waals surface area contributed by atoms with Gasteiger partial charge in [-0.1, -0.05) is 30.3 Å². The van der Waals surface area contributed by atoms with E-state index in [-0.39, 0.29) is 10.6 Å². The second-order valence-corrected chi connectivity index (χ2v) is 8.82. The largest absolute Gasteiger partial charge is 0.375 e. The van der Waals surface area contributed by atoms with Gasteiger partial charge in [-0.25, -0.2) is 8.42 Å². The molecule has 1 aliphatic rings. The number of benzene rings is 2. The summed E-state index contributed by atoms with van der Waals surface area (Å²) in [6.45, 7) is 3.51. The third kappa shape index (κ3) is 4.84. The summed E-state index contributed by atoms with van der Waals surface area (Å²) in [7, 11) is -3.69. The number of nitrogens with one attached hydrogen (secondary N) is 1. The van der Waals surface area contributed by atoms with Gasteiger partial charge >= 0.3 is 5.69 Å². The van der Waals surface area contributed by atoms with Crippen LogP contribution in [0.2, 0.25) is 0 Å². The summed E-state index contributed by atoms with van der Waals surface area (Å²) in [5, 5.41) is 14.5. The van der Waals surface area contributed by atoms with E-state index in [4.69, 9.17) is 0 Å². The van der Waals surface area contributed by atoms with E-state index in [2.05, 4.69) is 22.3 Å². The van der Waals surface area contributed by atoms with Crippen LogP contribution in [0.4, 0.5) is 11.4 Å². The molecule has 27 heavy (non-hydrogen) atoms. The normalized spacial score (nSPS) is 15.0. The minimum absolute atomic E-state index is 0.202. The van der Waals surface area contributed by atoms with Gasteiger partial charge in [-0.15, -0.1) is 0 Å². The molecule has 1 fully saturated rings. The first-order chi connectivity index (χ1) is 12.8. The Morgan fingerprint density at radius 1 is 1.11 bits per heavy atom. The minimum Gasteiger partial charge on any atom is -0.375 e. The van der Waals surface area contributed by atoms with Crippen molar-refractivity contribution in [3.63, 3.8) is 0 Å². The highest BCUT2D eigenvalue weighted by Crippen LogP contribution is 2.32. The molecule has 0 aliphatic carbocycles. The molecule has 1 aliphatic heterocycles. The number of sulfone groups is 1. The number of nitro groups is 1. The fourth-order valence-corrected chi connectivity index (χ4v) is 4.25. The molecule has 0 radical (unpaired) electrons. The summed E-state index contributed by atoms with van der Waals surface area (Å²) < 4.78 is 23.7. The smallest absolute Gasteiger partial charge is 0.310 e. The van der Waals surface area contributed by atoms with Gasteiger partial charge in [-0.2, -0.15) is 0 Å². The highest BCUT2D eigenvalue weighted by atomic mass is 32.2. The Bertz CT molecular complexity index is 938. The highest BCUT2D eigenvalue weighted by molar-refractivity contribution is 7.90. The van der Waals surface area contributed by atoms with E-state index < -0.39 is 20.4 Å². The lowest BCUT2D eigenvalue weighted by atomic mass is 10.1. The number of likely N-dealkylation sites (tertiary alicyclic amines) is 1. The van der Waals surface area contributed by atoms with E-state index in [1.807, 2.05) is 12.1 Å². The van der Waals surface area contributed by atoms with E-state index in [0.717, 1.165) is 31.5 Å². The Labute approximate surface area is 159 Å². The molecule has 7 nitrogen and oxygen atoms in total. The maximum atomic E-state index is 11.9. The SMILES string of the molecule is CS(=O)(=O)c1cccc(NCc2cccc(CN3CCCC3)c2)c1[N+](=O)[O-]. The molecule has 0 aromatic heterocycles. The van der Waals surface area contributed by atoms with Crippen LogP contribution >= 0.6 is 0 Å². The Kier molecular flexibility index (Phi) is 5.76. The van der Waals surface area contributed by atoms with Gasteiger partial charge in [0.1, 0.15) is 10.6 Å². The van der Waals surface area contributed by atoms with Crippen molar-refractivity contribution in [2.24, 2.45) is 0 Å². The Morgan fingerprint density at radius 3 is 2.44 bits per heavy atom. The number of nitrogens with zero attached hydrogens (tertiary/aromatic N) is 2. The standard InChI is InChI=1S/C19H23N3O4S/c1-27(25,26)18-9-5-8-17(19(18)22(23)24)20-13-15-6-4-7-16(12-15)14-21-10-2-3-11-21/h4-9,12,20H,2-3,10-11,13-14H2,1H3. The molecule has 0 bridgehead atoms. The third-order valence-electron chi connectivity index (χ3n) is 4.66. The van der Waals surface area contributed by atoms with Crippen LogP contribution in [-0.2, 0) is 22.9 Å². The number of anilines is 1. The second-order valence-electron chi connectivity index (χ2n) is 6.84. The van der Waals surface area contributed by atoms with E-state index in [0.29, 0.717) is 6.54 Å². The van der Waals surface area contributed by atoms with Crippen molar-refractivity contribution in [2.75, 3.05) is 24.7 Å². The predicted molar refractivity (Wildman–Crippen MR) is 104 cm³/mol. The van der Waals surface area contributed by atoms with E-state index in [1.54, 1.807) is 0 Å². The van der Waals surface area contributed by atoms with Crippen LogP contribution in [0.3, 0.4) is 0 Å². The van der Waals surface area contributed by atoms with Crippen molar-refractivity contribution < 1.29 is 13.3 Å². The van der Waals surface area contributed by atoms with Gasteiger partial charge in [0.25, 0.3) is 0 Å². The minimum atomic E-state index is -3.69. The summed E-state index contributed by atoms with van der Waals surface area (Å²) >= 11 is 0. The lowest BCUT2D eigenvalue weighted by Gasteiger charge is -2.15. The molecular formula is C19H23N3O4S. The zero-order valence-electron chi connectivity index (χ0n) is 15.2. The molecule has 2 aromatic rings. The van der Waals surface area contributed by atoms with Gasteiger partial charge in [0.15, 0.2) is 9.84 Å². The highest BCUT2D eigenvalue weighted by Gasteiger charge is 2.25. The van der Waals surface area contributed by atoms with Gasteiger partial charge in [0.2, 0.25) is 0 Å². The summed E-state index contributed by atoms with van der Waals surface area (Å²) in [5.74, 6) is 0. The molecule has 0 unspecified atom stereocenters. The quantitative estimate of drug-likeness (QED) is 0.577. The number of nitro benzene ring substituents is 1. The van der Waals surface area contributed by atoms with Crippen LogP contribution < -0.4 is 5.32 Å².